The van der Waals surface area contributed by atoms with Crippen LogP contribution in [0.25, 0.3) is 0 Å². The van der Waals surface area contributed by atoms with Crippen molar-refractivity contribution in [2.45, 2.75) is 26.3 Å². The molecule has 0 aliphatic carbocycles. The summed E-state index contributed by atoms with van der Waals surface area (Å²) in [5.74, 6) is 0.411. The first-order valence-corrected chi connectivity index (χ1v) is 10.5. The molecular weight excluding hydrogens is 394 g/mol. The highest BCUT2D eigenvalue weighted by atomic mass is 16.2. The monoisotopic (exact) mass is 421 g/mol. The van der Waals surface area contributed by atoms with Gasteiger partial charge in [0, 0.05) is 37.9 Å². The molecule has 2 fully saturated rings. The van der Waals surface area contributed by atoms with E-state index < -0.39 is 11.6 Å². The number of carbonyl (C=O) groups excluding carboxylic acids is 3. The zero-order chi connectivity index (χ0) is 22.2. The summed E-state index contributed by atoms with van der Waals surface area (Å²) in [5, 5.41) is 5.09. The zero-order valence-corrected chi connectivity index (χ0v) is 18.0. The van der Waals surface area contributed by atoms with Gasteiger partial charge in [-0.3, -0.25) is 14.9 Å². The Morgan fingerprint density at radius 2 is 1.74 bits per heavy atom. The van der Waals surface area contributed by atoms with Crippen molar-refractivity contribution < 1.29 is 14.4 Å². The van der Waals surface area contributed by atoms with Gasteiger partial charge in [-0.15, -0.1) is 0 Å². The number of piperazine rings is 1. The normalized spacial score (nSPS) is 21.3. The predicted octanol–water partition coefficient (Wildman–Crippen LogP) is 2.04. The Kier molecular flexibility index (Phi) is 5.39. The molecule has 2 aliphatic rings. The summed E-state index contributed by atoms with van der Waals surface area (Å²) in [4.78, 5) is 45.8. The van der Waals surface area contributed by atoms with Crippen LogP contribution in [0.1, 0.15) is 35.3 Å². The molecule has 2 saturated heterocycles. The third kappa shape index (κ3) is 3.62. The Hall–Kier alpha value is -3.42. The fourth-order valence-electron chi connectivity index (χ4n) is 4.40. The molecular formula is C23H27N5O3. The summed E-state index contributed by atoms with van der Waals surface area (Å²) in [7, 11) is 0. The van der Waals surface area contributed by atoms with Gasteiger partial charge in [0.25, 0.3) is 11.8 Å². The molecule has 1 atom stereocenters. The topological polar surface area (TPSA) is 94.6 Å². The van der Waals surface area contributed by atoms with E-state index in [0.717, 1.165) is 24.5 Å². The first-order chi connectivity index (χ1) is 14.8. The van der Waals surface area contributed by atoms with Gasteiger partial charge in [-0.2, -0.15) is 0 Å². The summed E-state index contributed by atoms with van der Waals surface area (Å²) in [6, 6.07) is 10.4. The highest BCUT2D eigenvalue weighted by molar-refractivity contribution is 6.07. The molecule has 2 aromatic rings. The van der Waals surface area contributed by atoms with Crippen LogP contribution in [0.5, 0.6) is 0 Å². The van der Waals surface area contributed by atoms with Crippen molar-refractivity contribution in [2.24, 2.45) is 5.92 Å². The van der Waals surface area contributed by atoms with Gasteiger partial charge in [0.05, 0.1) is 0 Å². The highest BCUT2D eigenvalue weighted by Crippen LogP contribution is 2.33. The lowest BCUT2D eigenvalue weighted by Gasteiger charge is -2.36. The van der Waals surface area contributed by atoms with Crippen LogP contribution in [0.3, 0.4) is 0 Å². The van der Waals surface area contributed by atoms with Crippen molar-refractivity contribution in [3.63, 3.8) is 0 Å². The van der Waals surface area contributed by atoms with Crippen LogP contribution < -0.4 is 15.5 Å². The summed E-state index contributed by atoms with van der Waals surface area (Å²) in [6.07, 6.45) is 1.79. The average molecular weight is 422 g/mol. The fourth-order valence-corrected chi connectivity index (χ4v) is 4.40. The molecule has 0 spiro atoms. The first kappa shape index (κ1) is 20.8. The fraction of sp³-hybridized carbons (Fsp3) is 0.391. The molecule has 1 unspecified atom stereocenters. The second kappa shape index (κ2) is 8.02. The standard InChI is InChI=1S/C23H27N5O3/c1-15(2)23(21(30)25-22(31)26-23)18-8-6-17(7-9-18)20(29)28-13-11-27(12-14-28)19-16(3)5-4-10-24-19/h4-10,15H,11-14H2,1-3H3,(H2,25,26,30,31). The number of nitrogens with zero attached hydrogens (tertiary/aromatic N) is 3. The Morgan fingerprint density at radius 3 is 2.29 bits per heavy atom. The van der Waals surface area contributed by atoms with Crippen molar-refractivity contribution in [3.05, 3.63) is 59.3 Å². The van der Waals surface area contributed by atoms with E-state index >= 15 is 0 Å². The second-order valence-corrected chi connectivity index (χ2v) is 8.37. The summed E-state index contributed by atoms with van der Waals surface area (Å²) >= 11 is 0. The van der Waals surface area contributed by atoms with Crippen LogP contribution in [-0.4, -0.2) is 53.9 Å². The number of amides is 4. The third-order valence-corrected chi connectivity index (χ3v) is 6.20. The smallest absolute Gasteiger partial charge is 0.322 e. The number of carbonyl (C=O) groups is 3. The lowest BCUT2D eigenvalue weighted by Crippen LogP contribution is -2.49. The van der Waals surface area contributed by atoms with Crippen molar-refractivity contribution in [2.75, 3.05) is 31.1 Å². The van der Waals surface area contributed by atoms with E-state index in [1.165, 1.54) is 0 Å². The zero-order valence-electron chi connectivity index (χ0n) is 18.0. The minimum Gasteiger partial charge on any atom is -0.353 e. The summed E-state index contributed by atoms with van der Waals surface area (Å²) in [6.45, 7) is 8.49. The number of rotatable bonds is 4. The number of hydrogen-bond donors (Lipinski definition) is 2. The first-order valence-electron chi connectivity index (χ1n) is 10.5. The van der Waals surface area contributed by atoms with Crippen molar-refractivity contribution in [1.29, 1.82) is 0 Å². The van der Waals surface area contributed by atoms with Crippen LogP contribution in [0.15, 0.2) is 42.6 Å². The Balaban J connectivity index is 1.46. The Bertz CT molecular complexity index is 1010. The number of aryl methyl sites for hydroxylation is 1. The molecule has 31 heavy (non-hydrogen) atoms. The minimum atomic E-state index is -1.12. The Morgan fingerprint density at radius 1 is 1.06 bits per heavy atom. The second-order valence-electron chi connectivity index (χ2n) is 8.37. The van der Waals surface area contributed by atoms with Gasteiger partial charge < -0.3 is 15.1 Å². The molecule has 2 aliphatic heterocycles. The molecule has 1 aromatic carbocycles. The molecule has 2 N–H and O–H groups in total. The lowest BCUT2D eigenvalue weighted by molar-refractivity contribution is -0.125. The molecule has 8 nitrogen and oxygen atoms in total. The molecule has 4 rings (SSSR count). The molecule has 1 aromatic heterocycles. The van der Waals surface area contributed by atoms with Crippen LogP contribution in [-0.2, 0) is 10.3 Å². The highest BCUT2D eigenvalue weighted by Gasteiger charge is 2.50. The number of hydrogen-bond acceptors (Lipinski definition) is 5. The number of aromatic nitrogens is 1. The van der Waals surface area contributed by atoms with Crippen molar-refractivity contribution in [3.8, 4) is 0 Å². The van der Waals surface area contributed by atoms with E-state index in [9.17, 15) is 14.4 Å². The van der Waals surface area contributed by atoms with Crippen molar-refractivity contribution in [1.82, 2.24) is 20.5 Å². The SMILES string of the molecule is Cc1cccnc1N1CCN(C(=O)c2ccc(C3(C(C)C)NC(=O)NC3=O)cc2)CC1. The maximum atomic E-state index is 13.0. The van der Waals surface area contributed by atoms with Crippen LogP contribution >= 0.6 is 0 Å². The average Bonchev–Trinajstić information content (AvgIpc) is 3.09. The third-order valence-electron chi connectivity index (χ3n) is 6.20. The van der Waals surface area contributed by atoms with E-state index in [1.54, 1.807) is 30.5 Å². The van der Waals surface area contributed by atoms with Gasteiger partial charge in [0.1, 0.15) is 11.4 Å². The number of nitrogens with one attached hydrogen (secondary N) is 2. The number of imide groups is 1. The number of anilines is 1. The summed E-state index contributed by atoms with van der Waals surface area (Å²) < 4.78 is 0. The maximum Gasteiger partial charge on any atom is 0.322 e. The van der Waals surface area contributed by atoms with Gasteiger partial charge in [-0.05, 0) is 42.2 Å². The van der Waals surface area contributed by atoms with Gasteiger partial charge in [0.2, 0.25) is 0 Å². The van der Waals surface area contributed by atoms with Crippen LogP contribution in [0, 0.1) is 12.8 Å². The quantitative estimate of drug-likeness (QED) is 0.737. The molecule has 0 saturated carbocycles. The summed E-state index contributed by atoms with van der Waals surface area (Å²) in [5.41, 5.74) is 1.23. The van der Waals surface area contributed by atoms with Gasteiger partial charge >= 0.3 is 6.03 Å². The number of benzene rings is 1. The molecule has 8 heteroatoms. The van der Waals surface area contributed by atoms with E-state index in [0.29, 0.717) is 24.2 Å². The Labute approximate surface area is 181 Å². The molecule has 0 radical (unpaired) electrons. The predicted molar refractivity (Wildman–Crippen MR) is 117 cm³/mol. The molecule has 3 heterocycles. The number of urea groups is 1. The lowest BCUT2D eigenvalue weighted by atomic mass is 9.79. The van der Waals surface area contributed by atoms with E-state index in [1.807, 2.05) is 37.8 Å². The minimum absolute atomic E-state index is 0.0394. The van der Waals surface area contributed by atoms with Gasteiger partial charge in [-0.1, -0.05) is 32.0 Å². The van der Waals surface area contributed by atoms with Gasteiger partial charge in [-0.25, -0.2) is 9.78 Å². The van der Waals surface area contributed by atoms with Gasteiger partial charge in [0.15, 0.2) is 0 Å². The van der Waals surface area contributed by atoms with Crippen molar-refractivity contribution >= 4 is 23.7 Å². The molecule has 0 bridgehead atoms. The van der Waals surface area contributed by atoms with Crippen LogP contribution in [0.4, 0.5) is 10.6 Å². The van der Waals surface area contributed by atoms with E-state index in [4.69, 9.17) is 0 Å². The maximum absolute atomic E-state index is 13.0. The molecule has 4 amide bonds. The molecule has 162 valence electrons. The van der Waals surface area contributed by atoms with Crippen LogP contribution in [0.2, 0.25) is 0 Å². The largest absolute Gasteiger partial charge is 0.353 e. The van der Waals surface area contributed by atoms with E-state index in [2.05, 4.69) is 20.5 Å². The number of pyridine rings is 1. The van der Waals surface area contributed by atoms with E-state index in [-0.39, 0.29) is 17.7 Å².